The zero-order chi connectivity index (χ0) is 10.1. The smallest absolute Gasteiger partial charge is 0.223 e. The van der Waals surface area contributed by atoms with Crippen LogP contribution in [-0.4, -0.2) is 48.7 Å². The molecule has 0 atom stereocenters. The summed E-state index contributed by atoms with van der Waals surface area (Å²) in [6, 6.07) is 0. The quantitative estimate of drug-likeness (QED) is 0.632. The fourth-order valence-electron chi connectivity index (χ4n) is 1.17. The van der Waals surface area contributed by atoms with Gasteiger partial charge in [0.05, 0.1) is 6.61 Å². The fraction of sp³-hybridized carbons (Fsp3) is 0.889. The van der Waals surface area contributed by atoms with Gasteiger partial charge in [-0.05, 0) is 0 Å². The average molecular weight is 188 g/mol. The van der Waals surface area contributed by atoms with Crippen molar-refractivity contribution in [1.82, 2.24) is 10.2 Å². The van der Waals surface area contributed by atoms with Crippen LogP contribution in [0.25, 0.3) is 0 Å². The molecule has 1 aliphatic heterocycles. The molecule has 2 N–H and O–H groups in total. The van der Waals surface area contributed by atoms with Gasteiger partial charge in [0.15, 0.2) is 0 Å². The van der Waals surface area contributed by atoms with Crippen molar-refractivity contribution < 1.29 is 9.90 Å². The first kappa shape index (κ1) is 12.4. The maximum Gasteiger partial charge on any atom is 0.223 e. The molecule has 1 amide bonds. The van der Waals surface area contributed by atoms with E-state index >= 15 is 0 Å². The van der Waals surface area contributed by atoms with Crippen LogP contribution in [0.15, 0.2) is 0 Å². The monoisotopic (exact) mass is 188 g/mol. The number of carbonyl (C=O) groups is 1. The molecule has 1 heterocycles. The number of hydrogen-bond donors (Lipinski definition) is 2. The Bertz CT molecular complexity index is 140. The molecule has 0 aromatic heterocycles. The molecule has 1 aliphatic rings. The molecular formula is C9H20N2O2. The Morgan fingerprint density at radius 1 is 1.46 bits per heavy atom. The Morgan fingerprint density at radius 2 is 2.15 bits per heavy atom. The first-order valence-electron chi connectivity index (χ1n) is 4.94. The molecule has 1 fully saturated rings. The third-order valence-corrected chi connectivity index (χ3v) is 1.80. The fourth-order valence-corrected chi connectivity index (χ4v) is 1.17. The summed E-state index contributed by atoms with van der Waals surface area (Å²) in [5.41, 5.74) is 0. The normalized spacial score (nSPS) is 17.5. The number of rotatable bonds is 2. The molecule has 0 radical (unpaired) electrons. The van der Waals surface area contributed by atoms with Crippen LogP contribution < -0.4 is 5.32 Å². The van der Waals surface area contributed by atoms with Gasteiger partial charge in [0.2, 0.25) is 5.91 Å². The van der Waals surface area contributed by atoms with Crippen molar-refractivity contribution in [3.63, 3.8) is 0 Å². The van der Waals surface area contributed by atoms with Crippen LogP contribution in [0.1, 0.15) is 20.3 Å². The SMILES string of the molecule is CC.O=C1CCNCCN1CCO. The molecule has 0 unspecified atom stereocenters. The maximum atomic E-state index is 11.2. The second-order valence-electron chi connectivity index (χ2n) is 2.60. The molecule has 4 nitrogen and oxygen atoms in total. The number of amides is 1. The van der Waals surface area contributed by atoms with E-state index in [9.17, 15) is 4.79 Å². The lowest BCUT2D eigenvalue weighted by Gasteiger charge is -2.18. The molecule has 13 heavy (non-hydrogen) atoms. The van der Waals surface area contributed by atoms with Gasteiger partial charge in [-0.25, -0.2) is 0 Å². The van der Waals surface area contributed by atoms with Crippen molar-refractivity contribution in [2.75, 3.05) is 32.8 Å². The average Bonchev–Trinajstić information content (AvgIpc) is 2.36. The van der Waals surface area contributed by atoms with Crippen molar-refractivity contribution in [3.05, 3.63) is 0 Å². The second kappa shape index (κ2) is 8.01. The molecule has 0 saturated carbocycles. The van der Waals surface area contributed by atoms with E-state index in [1.165, 1.54) is 0 Å². The number of carbonyl (C=O) groups excluding carboxylic acids is 1. The predicted octanol–water partition coefficient (Wildman–Crippen LogP) is -0.173. The van der Waals surface area contributed by atoms with Gasteiger partial charge in [-0.1, -0.05) is 13.8 Å². The van der Waals surface area contributed by atoms with E-state index in [-0.39, 0.29) is 12.5 Å². The second-order valence-corrected chi connectivity index (χ2v) is 2.60. The third-order valence-electron chi connectivity index (χ3n) is 1.80. The van der Waals surface area contributed by atoms with Crippen LogP contribution in [0.3, 0.4) is 0 Å². The summed E-state index contributed by atoms with van der Waals surface area (Å²) in [6.07, 6.45) is 0.556. The van der Waals surface area contributed by atoms with Gasteiger partial charge >= 0.3 is 0 Å². The topological polar surface area (TPSA) is 52.6 Å². The van der Waals surface area contributed by atoms with Gasteiger partial charge in [0.1, 0.15) is 0 Å². The van der Waals surface area contributed by atoms with Gasteiger partial charge in [-0.15, -0.1) is 0 Å². The van der Waals surface area contributed by atoms with Crippen LogP contribution in [-0.2, 0) is 4.79 Å². The van der Waals surface area contributed by atoms with E-state index in [0.717, 1.165) is 19.6 Å². The van der Waals surface area contributed by atoms with Gasteiger partial charge in [-0.2, -0.15) is 0 Å². The molecule has 1 rings (SSSR count). The highest BCUT2D eigenvalue weighted by molar-refractivity contribution is 5.76. The number of nitrogens with zero attached hydrogens (tertiary/aromatic N) is 1. The Hall–Kier alpha value is -0.610. The standard InChI is InChI=1S/C7H14N2O2.C2H6/c10-6-5-9-4-3-8-2-1-7(9)11;1-2/h8,10H,1-6H2;1-2H3. The van der Waals surface area contributed by atoms with Gasteiger partial charge in [0, 0.05) is 32.6 Å². The minimum atomic E-state index is 0.0613. The van der Waals surface area contributed by atoms with Crippen LogP contribution >= 0.6 is 0 Å². The summed E-state index contributed by atoms with van der Waals surface area (Å²) in [7, 11) is 0. The van der Waals surface area contributed by atoms with Crippen molar-refractivity contribution in [3.8, 4) is 0 Å². The minimum absolute atomic E-state index is 0.0613. The van der Waals surface area contributed by atoms with Crippen molar-refractivity contribution in [2.24, 2.45) is 0 Å². The largest absolute Gasteiger partial charge is 0.395 e. The van der Waals surface area contributed by atoms with Crippen molar-refractivity contribution in [2.45, 2.75) is 20.3 Å². The Morgan fingerprint density at radius 3 is 2.77 bits per heavy atom. The highest BCUT2D eigenvalue weighted by atomic mass is 16.3. The van der Waals surface area contributed by atoms with Crippen LogP contribution in [0.5, 0.6) is 0 Å². The summed E-state index contributed by atoms with van der Waals surface area (Å²) < 4.78 is 0. The van der Waals surface area contributed by atoms with E-state index in [1.807, 2.05) is 13.8 Å². The zero-order valence-corrected chi connectivity index (χ0v) is 8.55. The molecular weight excluding hydrogens is 168 g/mol. The Balaban J connectivity index is 0.000000671. The highest BCUT2D eigenvalue weighted by Gasteiger charge is 2.14. The summed E-state index contributed by atoms with van der Waals surface area (Å²) in [4.78, 5) is 12.9. The molecule has 0 bridgehead atoms. The van der Waals surface area contributed by atoms with E-state index in [2.05, 4.69) is 5.32 Å². The number of aliphatic hydroxyl groups excluding tert-OH is 1. The lowest BCUT2D eigenvalue weighted by molar-refractivity contribution is -0.130. The molecule has 0 aromatic rings. The number of aliphatic hydroxyl groups is 1. The van der Waals surface area contributed by atoms with Crippen LogP contribution in [0.2, 0.25) is 0 Å². The van der Waals surface area contributed by atoms with Gasteiger partial charge in [-0.3, -0.25) is 4.79 Å². The van der Waals surface area contributed by atoms with Crippen LogP contribution in [0.4, 0.5) is 0 Å². The van der Waals surface area contributed by atoms with Crippen LogP contribution in [0, 0.1) is 0 Å². The zero-order valence-electron chi connectivity index (χ0n) is 8.55. The first-order valence-corrected chi connectivity index (χ1v) is 4.94. The summed E-state index contributed by atoms with van der Waals surface area (Å²) in [5.74, 6) is 0.143. The molecule has 0 aromatic carbocycles. The summed E-state index contributed by atoms with van der Waals surface area (Å²) >= 11 is 0. The van der Waals surface area contributed by atoms with Gasteiger partial charge < -0.3 is 15.3 Å². The predicted molar refractivity (Wildman–Crippen MR) is 52.5 cm³/mol. The number of hydrogen-bond acceptors (Lipinski definition) is 3. The first-order chi connectivity index (χ1) is 6.34. The lowest BCUT2D eigenvalue weighted by atomic mass is 10.4. The van der Waals surface area contributed by atoms with E-state index in [4.69, 9.17) is 5.11 Å². The molecule has 0 spiro atoms. The minimum Gasteiger partial charge on any atom is -0.395 e. The van der Waals surface area contributed by atoms with Crippen molar-refractivity contribution >= 4 is 5.91 Å². The molecule has 0 aliphatic carbocycles. The van der Waals surface area contributed by atoms with E-state index in [0.29, 0.717) is 13.0 Å². The third kappa shape index (κ3) is 4.85. The molecule has 1 saturated heterocycles. The van der Waals surface area contributed by atoms with E-state index in [1.54, 1.807) is 4.90 Å². The van der Waals surface area contributed by atoms with Gasteiger partial charge in [0.25, 0.3) is 0 Å². The molecule has 4 heteroatoms. The Kier molecular flexibility index (Phi) is 7.63. The highest BCUT2D eigenvalue weighted by Crippen LogP contribution is 1.95. The lowest BCUT2D eigenvalue weighted by Crippen LogP contribution is -2.34. The molecule has 78 valence electrons. The number of β-amino-alcohol motifs (C(OH)–C–C–N with tert-alkyl or cyclic N) is 1. The Labute approximate surface area is 79.9 Å². The van der Waals surface area contributed by atoms with Crippen molar-refractivity contribution in [1.29, 1.82) is 0 Å². The number of nitrogens with one attached hydrogen (secondary N) is 1. The van der Waals surface area contributed by atoms with E-state index < -0.39 is 0 Å². The maximum absolute atomic E-state index is 11.2. The summed E-state index contributed by atoms with van der Waals surface area (Å²) in [5, 5.41) is 11.7. The summed E-state index contributed by atoms with van der Waals surface area (Å²) in [6.45, 7) is 6.86.